The third-order valence-electron chi connectivity index (χ3n) is 2.23. The van der Waals surface area contributed by atoms with Gasteiger partial charge < -0.3 is 10.5 Å². The molecule has 0 spiro atoms. The van der Waals surface area contributed by atoms with E-state index in [0.717, 1.165) is 23.8 Å². The van der Waals surface area contributed by atoms with Crippen molar-refractivity contribution in [1.29, 1.82) is 0 Å². The Hall–Kier alpha value is -2.17. The molecular weight excluding hydrogens is 226 g/mol. The van der Waals surface area contributed by atoms with Crippen LogP contribution in [0.25, 0.3) is 0 Å². The van der Waals surface area contributed by atoms with Crippen LogP contribution in [0.4, 0.5) is 14.5 Å². The molecule has 0 saturated heterocycles. The first-order valence-corrected chi connectivity index (χ1v) is 4.91. The van der Waals surface area contributed by atoms with Crippen molar-refractivity contribution in [3.05, 3.63) is 47.7 Å². The number of nitrogen functional groups attached to an aromatic ring is 1. The minimum atomic E-state index is -0.650. The van der Waals surface area contributed by atoms with Crippen LogP contribution in [0.5, 0.6) is 11.6 Å². The fraction of sp³-hybridized carbons (Fsp3) is 0.0833. The van der Waals surface area contributed by atoms with Gasteiger partial charge in [0.25, 0.3) is 0 Å². The first-order chi connectivity index (χ1) is 8.06. The van der Waals surface area contributed by atoms with Crippen molar-refractivity contribution < 1.29 is 13.5 Å². The van der Waals surface area contributed by atoms with Crippen LogP contribution in [0.3, 0.4) is 0 Å². The summed E-state index contributed by atoms with van der Waals surface area (Å²) >= 11 is 0. The maximum absolute atomic E-state index is 13.3. The second kappa shape index (κ2) is 4.37. The Kier molecular flexibility index (Phi) is 2.91. The highest BCUT2D eigenvalue weighted by Gasteiger charge is 2.07. The summed E-state index contributed by atoms with van der Waals surface area (Å²) in [6.07, 6.45) is 1.40. The minimum absolute atomic E-state index is 0.168. The normalized spacial score (nSPS) is 10.3. The van der Waals surface area contributed by atoms with Crippen LogP contribution in [0.2, 0.25) is 0 Å². The van der Waals surface area contributed by atoms with Gasteiger partial charge in [-0.05, 0) is 24.6 Å². The second-order valence-corrected chi connectivity index (χ2v) is 3.56. The molecule has 1 heterocycles. The van der Waals surface area contributed by atoms with Crippen LogP contribution in [0.15, 0.2) is 30.5 Å². The summed E-state index contributed by atoms with van der Waals surface area (Å²) in [4.78, 5) is 3.87. The van der Waals surface area contributed by atoms with Gasteiger partial charge in [0.1, 0.15) is 5.82 Å². The average molecular weight is 236 g/mol. The van der Waals surface area contributed by atoms with Crippen LogP contribution < -0.4 is 10.5 Å². The standard InChI is InChI=1S/C12H10F2N2O/c1-7-4-12(16-6-10(7)15)17-11-5-8(13)2-3-9(11)14/h2-6H,15H2,1H3. The van der Waals surface area contributed by atoms with E-state index >= 15 is 0 Å². The first kappa shape index (κ1) is 11.3. The molecule has 0 amide bonds. The van der Waals surface area contributed by atoms with Crippen molar-refractivity contribution in [2.75, 3.05) is 5.73 Å². The van der Waals surface area contributed by atoms with Gasteiger partial charge in [0.2, 0.25) is 5.88 Å². The predicted octanol–water partition coefficient (Wildman–Crippen LogP) is 3.04. The Balaban J connectivity index is 2.31. The van der Waals surface area contributed by atoms with Gasteiger partial charge in [-0.15, -0.1) is 0 Å². The molecule has 0 radical (unpaired) electrons. The molecule has 0 saturated carbocycles. The van der Waals surface area contributed by atoms with E-state index in [0.29, 0.717) is 5.69 Å². The summed E-state index contributed by atoms with van der Waals surface area (Å²) < 4.78 is 31.3. The smallest absolute Gasteiger partial charge is 0.219 e. The number of pyridine rings is 1. The molecule has 0 fully saturated rings. The number of benzene rings is 1. The van der Waals surface area contributed by atoms with Crippen LogP contribution >= 0.6 is 0 Å². The molecule has 3 nitrogen and oxygen atoms in total. The number of nitrogens with zero attached hydrogens (tertiary/aromatic N) is 1. The molecule has 0 unspecified atom stereocenters. The van der Waals surface area contributed by atoms with Gasteiger partial charge in [-0.3, -0.25) is 0 Å². The molecule has 0 aliphatic carbocycles. The lowest BCUT2D eigenvalue weighted by molar-refractivity contribution is 0.422. The fourth-order valence-corrected chi connectivity index (χ4v) is 1.26. The molecule has 2 aromatic rings. The molecule has 2 N–H and O–H groups in total. The molecule has 0 aliphatic heterocycles. The molecule has 0 aliphatic rings. The lowest BCUT2D eigenvalue weighted by Crippen LogP contribution is -1.95. The lowest BCUT2D eigenvalue weighted by atomic mass is 10.2. The number of anilines is 1. The summed E-state index contributed by atoms with van der Waals surface area (Å²) in [5.74, 6) is -1.26. The summed E-state index contributed by atoms with van der Waals surface area (Å²) in [5.41, 5.74) is 6.85. The molecule has 2 rings (SSSR count). The SMILES string of the molecule is Cc1cc(Oc2cc(F)ccc2F)ncc1N. The van der Waals surface area contributed by atoms with Crippen LogP contribution in [0.1, 0.15) is 5.56 Å². The van der Waals surface area contributed by atoms with Crippen LogP contribution in [-0.4, -0.2) is 4.98 Å². The number of aromatic nitrogens is 1. The van der Waals surface area contributed by atoms with Gasteiger partial charge in [-0.1, -0.05) is 0 Å². The van der Waals surface area contributed by atoms with E-state index in [2.05, 4.69) is 4.98 Å². The van der Waals surface area contributed by atoms with Crippen LogP contribution in [-0.2, 0) is 0 Å². The van der Waals surface area contributed by atoms with Gasteiger partial charge in [0.05, 0.1) is 11.9 Å². The van der Waals surface area contributed by atoms with E-state index in [1.807, 2.05) is 0 Å². The van der Waals surface area contributed by atoms with Gasteiger partial charge in [-0.25, -0.2) is 13.8 Å². The maximum Gasteiger partial charge on any atom is 0.219 e. The minimum Gasteiger partial charge on any atom is -0.436 e. The zero-order valence-electron chi connectivity index (χ0n) is 9.08. The number of hydrogen-bond donors (Lipinski definition) is 1. The van der Waals surface area contributed by atoms with E-state index in [-0.39, 0.29) is 11.6 Å². The Morgan fingerprint density at radius 1 is 1.24 bits per heavy atom. The number of ether oxygens (including phenoxy) is 1. The zero-order valence-corrected chi connectivity index (χ0v) is 9.08. The molecule has 1 aromatic heterocycles. The molecule has 1 aromatic carbocycles. The van der Waals surface area contributed by atoms with Crippen molar-refractivity contribution in [2.24, 2.45) is 0 Å². The maximum atomic E-state index is 13.3. The van der Waals surface area contributed by atoms with Gasteiger partial charge in [-0.2, -0.15) is 0 Å². The highest BCUT2D eigenvalue weighted by molar-refractivity contribution is 5.46. The predicted molar refractivity (Wildman–Crippen MR) is 59.8 cm³/mol. The van der Waals surface area contributed by atoms with Crippen molar-refractivity contribution in [3.8, 4) is 11.6 Å². The Morgan fingerprint density at radius 2 is 2.00 bits per heavy atom. The number of hydrogen-bond acceptors (Lipinski definition) is 3. The Bertz CT molecular complexity index is 558. The molecule has 0 atom stereocenters. The third-order valence-corrected chi connectivity index (χ3v) is 2.23. The molecular formula is C12H10F2N2O. The monoisotopic (exact) mass is 236 g/mol. The molecule has 88 valence electrons. The lowest BCUT2D eigenvalue weighted by Gasteiger charge is -2.07. The second-order valence-electron chi connectivity index (χ2n) is 3.56. The molecule has 17 heavy (non-hydrogen) atoms. The van der Waals surface area contributed by atoms with E-state index in [9.17, 15) is 8.78 Å². The average Bonchev–Trinajstić information content (AvgIpc) is 2.29. The van der Waals surface area contributed by atoms with Gasteiger partial charge in [0, 0.05) is 12.1 Å². The number of nitrogens with two attached hydrogens (primary N) is 1. The first-order valence-electron chi connectivity index (χ1n) is 4.91. The highest BCUT2D eigenvalue weighted by atomic mass is 19.1. The summed E-state index contributed by atoms with van der Waals surface area (Å²) in [7, 11) is 0. The topological polar surface area (TPSA) is 48.1 Å². The van der Waals surface area contributed by atoms with Crippen molar-refractivity contribution in [3.63, 3.8) is 0 Å². The van der Waals surface area contributed by atoms with E-state index in [4.69, 9.17) is 10.5 Å². The quantitative estimate of drug-likeness (QED) is 0.871. The van der Waals surface area contributed by atoms with Crippen molar-refractivity contribution >= 4 is 5.69 Å². The van der Waals surface area contributed by atoms with Gasteiger partial charge >= 0.3 is 0 Å². The summed E-state index contributed by atoms with van der Waals surface area (Å²) in [6, 6.07) is 4.53. The number of aryl methyl sites for hydroxylation is 1. The largest absolute Gasteiger partial charge is 0.436 e. The fourth-order valence-electron chi connectivity index (χ4n) is 1.26. The zero-order chi connectivity index (χ0) is 12.4. The highest BCUT2D eigenvalue weighted by Crippen LogP contribution is 2.25. The van der Waals surface area contributed by atoms with Gasteiger partial charge in [0.15, 0.2) is 11.6 Å². The van der Waals surface area contributed by atoms with E-state index < -0.39 is 11.6 Å². The van der Waals surface area contributed by atoms with E-state index in [1.54, 1.807) is 13.0 Å². The Morgan fingerprint density at radius 3 is 2.71 bits per heavy atom. The molecule has 5 heteroatoms. The summed E-state index contributed by atoms with van der Waals surface area (Å²) in [5, 5.41) is 0. The van der Waals surface area contributed by atoms with Crippen molar-refractivity contribution in [2.45, 2.75) is 6.92 Å². The number of halogens is 2. The van der Waals surface area contributed by atoms with E-state index in [1.165, 1.54) is 6.20 Å². The van der Waals surface area contributed by atoms with Crippen LogP contribution in [0, 0.1) is 18.6 Å². The molecule has 0 bridgehead atoms. The number of rotatable bonds is 2. The third kappa shape index (κ3) is 2.50. The summed E-state index contributed by atoms with van der Waals surface area (Å²) in [6.45, 7) is 1.77. The van der Waals surface area contributed by atoms with Crippen molar-refractivity contribution in [1.82, 2.24) is 4.98 Å². The Labute approximate surface area is 96.9 Å².